The van der Waals surface area contributed by atoms with Crippen molar-refractivity contribution in [1.29, 1.82) is 0 Å². The van der Waals surface area contributed by atoms with Crippen molar-refractivity contribution in [3.05, 3.63) is 0 Å². The molecule has 2 aliphatic carbocycles. The summed E-state index contributed by atoms with van der Waals surface area (Å²) in [5.74, 6) is 3.48. The third kappa shape index (κ3) is 1.27. The van der Waals surface area contributed by atoms with Crippen LogP contribution in [0.2, 0.25) is 0 Å². The second kappa shape index (κ2) is 3.22. The van der Waals surface area contributed by atoms with Gasteiger partial charge in [-0.25, -0.2) is 0 Å². The van der Waals surface area contributed by atoms with E-state index in [4.69, 9.17) is 0 Å². The maximum atomic E-state index is 12.5. The van der Waals surface area contributed by atoms with Crippen molar-refractivity contribution in [1.82, 2.24) is 10.2 Å². The molecule has 3 nitrogen and oxygen atoms in total. The number of carbonyl (C=O) groups is 1. The molecule has 0 aromatic heterocycles. The van der Waals surface area contributed by atoms with Gasteiger partial charge in [-0.2, -0.15) is 0 Å². The summed E-state index contributed by atoms with van der Waals surface area (Å²) in [7, 11) is 0. The zero-order valence-electron chi connectivity index (χ0n) is 9.69. The summed E-state index contributed by atoms with van der Waals surface area (Å²) in [5.41, 5.74) is 0. The number of nitrogens with one attached hydrogen (secondary N) is 1. The van der Waals surface area contributed by atoms with Gasteiger partial charge in [-0.3, -0.25) is 4.79 Å². The molecule has 1 amide bonds. The Hall–Kier alpha value is -0.570. The Labute approximate surface area is 96.6 Å². The van der Waals surface area contributed by atoms with Gasteiger partial charge in [0, 0.05) is 31.6 Å². The molecule has 2 heterocycles. The van der Waals surface area contributed by atoms with Gasteiger partial charge >= 0.3 is 0 Å². The van der Waals surface area contributed by atoms with E-state index in [0.717, 1.165) is 37.4 Å². The second-order valence-corrected chi connectivity index (χ2v) is 6.23. The monoisotopic (exact) mass is 220 g/mol. The van der Waals surface area contributed by atoms with E-state index in [1.54, 1.807) is 0 Å². The van der Waals surface area contributed by atoms with Crippen molar-refractivity contribution in [2.45, 2.75) is 31.7 Å². The van der Waals surface area contributed by atoms with Gasteiger partial charge in [0.1, 0.15) is 0 Å². The molecule has 4 fully saturated rings. The van der Waals surface area contributed by atoms with Crippen molar-refractivity contribution in [2.24, 2.45) is 23.7 Å². The Bertz CT molecular complexity index is 320. The fraction of sp³-hybridized carbons (Fsp3) is 0.923. The molecular weight excluding hydrogens is 200 g/mol. The predicted molar refractivity (Wildman–Crippen MR) is 60.8 cm³/mol. The number of amides is 1. The number of hydrogen-bond donors (Lipinski definition) is 1. The van der Waals surface area contributed by atoms with Crippen LogP contribution in [-0.4, -0.2) is 36.5 Å². The van der Waals surface area contributed by atoms with E-state index >= 15 is 0 Å². The van der Waals surface area contributed by atoms with Gasteiger partial charge in [0.15, 0.2) is 0 Å². The van der Waals surface area contributed by atoms with Crippen molar-refractivity contribution in [3.8, 4) is 0 Å². The van der Waals surface area contributed by atoms with E-state index in [2.05, 4.69) is 10.2 Å². The van der Waals surface area contributed by atoms with Crippen LogP contribution in [0.5, 0.6) is 0 Å². The zero-order chi connectivity index (χ0) is 10.7. The zero-order valence-corrected chi connectivity index (χ0v) is 9.69. The quantitative estimate of drug-likeness (QED) is 0.710. The predicted octanol–water partition coefficient (Wildman–Crippen LogP) is 0.853. The molecule has 0 aromatic carbocycles. The number of nitrogens with zero attached hydrogens (tertiary/aromatic N) is 1. The summed E-state index contributed by atoms with van der Waals surface area (Å²) >= 11 is 0. The summed E-state index contributed by atoms with van der Waals surface area (Å²) in [6, 6.07) is 0.532. The van der Waals surface area contributed by atoms with Gasteiger partial charge in [-0.15, -0.1) is 0 Å². The van der Waals surface area contributed by atoms with Gasteiger partial charge in [0.2, 0.25) is 5.91 Å². The van der Waals surface area contributed by atoms with Crippen LogP contribution < -0.4 is 5.32 Å². The molecule has 4 atom stereocenters. The molecule has 2 saturated heterocycles. The standard InChI is InChI=1S/C13H20N2O/c16-13(11-4-9-3-10(9)5-11)15-2-1-8-6-14-7-12(8)15/h8-12,14H,1-7H2/t8-,9?,10?,11?,12+/m0/s1. The Morgan fingerprint density at radius 1 is 1.06 bits per heavy atom. The minimum absolute atomic E-state index is 0.392. The average molecular weight is 220 g/mol. The molecule has 2 aliphatic heterocycles. The highest BCUT2D eigenvalue weighted by Gasteiger charge is 2.50. The van der Waals surface area contributed by atoms with E-state index in [1.165, 1.54) is 25.7 Å². The third-order valence-electron chi connectivity index (χ3n) is 5.32. The minimum atomic E-state index is 0.392. The SMILES string of the molecule is O=C(C1CC2CC2C1)N1CC[C@H]2CNC[C@H]21. The molecule has 4 rings (SSSR count). The fourth-order valence-electron chi connectivity index (χ4n) is 4.27. The first-order chi connectivity index (χ1) is 7.83. The van der Waals surface area contributed by atoms with E-state index in [0.29, 0.717) is 17.9 Å². The number of hydrogen-bond acceptors (Lipinski definition) is 2. The normalized spacial score (nSPS) is 49.2. The van der Waals surface area contributed by atoms with E-state index in [1.807, 2.05) is 0 Å². The molecule has 0 aromatic rings. The van der Waals surface area contributed by atoms with Crippen LogP contribution in [0.15, 0.2) is 0 Å². The van der Waals surface area contributed by atoms with E-state index in [-0.39, 0.29) is 0 Å². The lowest BCUT2D eigenvalue weighted by Crippen LogP contribution is -2.42. The number of rotatable bonds is 1. The molecule has 0 spiro atoms. The van der Waals surface area contributed by atoms with Crippen LogP contribution in [0.4, 0.5) is 0 Å². The Morgan fingerprint density at radius 2 is 1.88 bits per heavy atom. The molecule has 88 valence electrons. The summed E-state index contributed by atoms with van der Waals surface area (Å²) < 4.78 is 0. The lowest BCUT2D eigenvalue weighted by molar-refractivity contribution is -0.136. The molecule has 3 heteroatoms. The first kappa shape index (κ1) is 9.46. The van der Waals surface area contributed by atoms with Crippen LogP contribution >= 0.6 is 0 Å². The first-order valence-electron chi connectivity index (χ1n) is 6.84. The Balaban J connectivity index is 1.47. The van der Waals surface area contributed by atoms with Crippen LogP contribution in [-0.2, 0) is 4.79 Å². The summed E-state index contributed by atoms with van der Waals surface area (Å²) in [5, 5.41) is 3.42. The lowest BCUT2D eigenvalue weighted by Gasteiger charge is -2.27. The average Bonchev–Trinajstić information content (AvgIpc) is 2.76. The number of carbonyl (C=O) groups excluding carboxylic acids is 1. The highest BCUT2D eigenvalue weighted by atomic mass is 16.2. The molecular formula is C13H20N2O. The molecule has 2 saturated carbocycles. The molecule has 2 unspecified atom stereocenters. The van der Waals surface area contributed by atoms with Gasteiger partial charge in [0.05, 0.1) is 0 Å². The van der Waals surface area contributed by atoms with Crippen LogP contribution in [0.25, 0.3) is 0 Å². The highest BCUT2D eigenvalue weighted by molar-refractivity contribution is 5.80. The summed E-state index contributed by atoms with van der Waals surface area (Å²) in [4.78, 5) is 14.7. The maximum Gasteiger partial charge on any atom is 0.226 e. The molecule has 0 bridgehead atoms. The van der Waals surface area contributed by atoms with Crippen molar-refractivity contribution < 1.29 is 4.79 Å². The van der Waals surface area contributed by atoms with Gasteiger partial charge < -0.3 is 10.2 Å². The van der Waals surface area contributed by atoms with E-state index < -0.39 is 0 Å². The van der Waals surface area contributed by atoms with Crippen molar-refractivity contribution in [2.75, 3.05) is 19.6 Å². The summed E-state index contributed by atoms with van der Waals surface area (Å²) in [6.45, 7) is 3.20. The Kier molecular flexibility index (Phi) is 1.90. The maximum absolute atomic E-state index is 12.5. The van der Waals surface area contributed by atoms with Crippen LogP contribution in [0.1, 0.15) is 25.7 Å². The number of likely N-dealkylation sites (tertiary alicyclic amines) is 1. The smallest absolute Gasteiger partial charge is 0.226 e. The first-order valence-corrected chi connectivity index (χ1v) is 6.84. The lowest BCUT2D eigenvalue weighted by atomic mass is 10.0. The minimum Gasteiger partial charge on any atom is -0.338 e. The molecule has 4 aliphatic rings. The number of fused-ring (bicyclic) bond motifs is 2. The van der Waals surface area contributed by atoms with Crippen LogP contribution in [0.3, 0.4) is 0 Å². The van der Waals surface area contributed by atoms with Crippen molar-refractivity contribution >= 4 is 5.91 Å². The molecule has 16 heavy (non-hydrogen) atoms. The summed E-state index contributed by atoms with van der Waals surface area (Å²) in [6.07, 6.45) is 5.04. The van der Waals surface area contributed by atoms with E-state index in [9.17, 15) is 4.79 Å². The molecule has 1 N–H and O–H groups in total. The third-order valence-corrected chi connectivity index (χ3v) is 5.32. The largest absolute Gasteiger partial charge is 0.338 e. The molecule has 0 radical (unpaired) electrons. The Morgan fingerprint density at radius 3 is 2.69 bits per heavy atom. The van der Waals surface area contributed by atoms with Crippen LogP contribution in [0, 0.1) is 23.7 Å². The highest BCUT2D eigenvalue weighted by Crippen LogP contribution is 2.55. The van der Waals surface area contributed by atoms with Gasteiger partial charge in [-0.1, -0.05) is 0 Å². The van der Waals surface area contributed by atoms with Gasteiger partial charge in [-0.05, 0) is 43.4 Å². The van der Waals surface area contributed by atoms with Gasteiger partial charge in [0.25, 0.3) is 0 Å². The fourth-order valence-corrected chi connectivity index (χ4v) is 4.27. The second-order valence-electron chi connectivity index (χ2n) is 6.23. The van der Waals surface area contributed by atoms with Crippen molar-refractivity contribution in [3.63, 3.8) is 0 Å². The topological polar surface area (TPSA) is 32.3 Å².